The van der Waals surface area contributed by atoms with Gasteiger partial charge in [-0.2, -0.15) is 0 Å². The third kappa shape index (κ3) is 1.81. The zero-order chi connectivity index (χ0) is 7.78. The van der Waals surface area contributed by atoms with Crippen LogP contribution in [0.4, 0.5) is 0 Å². The van der Waals surface area contributed by atoms with Crippen LogP contribution in [0.2, 0.25) is 13.1 Å². The van der Waals surface area contributed by atoms with Crippen molar-refractivity contribution >= 4 is 8.56 Å². The normalized spacial score (nSPS) is 39.6. The first-order chi connectivity index (χ1) is 4.51. The van der Waals surface area contributed by atoms with E-state index in [4.69, 9.17) is 8.85 Å². The molecule has 1 rings (SSSR count). The Balaban J connectivity index is 2.49. The minimum absolute atomic E-state index is 0.385. The zero-order valence-electron chi connectivity index (χ0n) is 7.18. The summed E-state index contributed by atoms with van der Waals surface area (Å²) in [5.74, 6) is 0.556. The Morgan fingerprint density at radius 2 is 1.90 bits per heavy atom. The Kier molecular flexibility index (Phi) is 2.17. The highest BCUT2D eigenvalue weighted by molar-refractivity contribution is 6.64. The van der Waals surface area contributed by atoms with Gasteiger partial charge in [-0.05, 0) is 20.0 Å². The van der Waals surface area contributed by atoms with Crippen LogP contribution < -0.4 is 0 Å². The van der Waals surface area contributed by atoms with E-state index in [9.17, 15) is 0 Å². The molecule has 3 heteroatoms. The van der Waals surface area contributed by atoms with Crippen LogP contribution in [0.1, 0.15) is 13.8 Å². The van der Waals surface area contributed by atoms with Gasteiger partial charge in [0.15, 0.2) is 0 Å². The number of hydrogen-bond donors (Lipinski definition) is 0. The van der Waals surface area contributed by atoms with Crippen LogP contribution in [0.3, 0.4) is 0 Å². The molecular formula is C7H16O2Si. The van der Waals surface area contributed by atoms with Gasteiger partial charge in [0.05, 0.1) is 0 Å². The van der Waals surface area contributed by atoms with Crippen molar-refractivity contribution in [3.05, 3.63) is 0 Å². The third-order valence-corrected chi connectivity index (χ3v) is 3.77. The lowest BCUT2D eigenvalue weighted by Crippen LogP contribution is -2.47. The van der Waals surface area contributed by atoms with E-state index in [2.05, 4.69) is 26.9 Å². The van der Waals surface area contributed by atoms with E-state index in [0.717, 1.165) is 6.61 Å². The van der Waals surface area contributed by atoms with E-state index < -0.39 is 8.56 Å². The highest BCUT2D eigenvalue weighted by atomic mass is 28.4. The van der Waals surface area contributed by atoms with Crippen molar-refractivity contribution in [2.75, 3.05) is 6.61 Å². The highest BCUT2D eigenvalue weighted by Gasteiger charge is 2.34. The van der Waals surface area contributed by atoms with Crippen LogP contribution in [0.5, 0.6) is 0 Å². The van der Waals surface area contributed by atoms with E-state index in [1.54, 1.807) is 0 Å². The summed E-state index contributed by atoms with van der Waals surface area (Å²) >= 11 is 0. The summed E-state index contributed by atoms with van der Waals surface area (Å²) in [7, 11) is -1.70. The van der Waals surface area contributed by atoms with E-state index in [1.807, 2.05) is 0 Å². The number of rotatable bonds is 0. The lowest BCUT2D eigenvalue weighted by atomic mass is 10.1. The fourth-order valence-electron chi connectivity index (χ4n) is 1.07. The maximum atomic E-state index is 5.70. The van der Waals surface area contributed by atoms with Crippen LogP contribution in [0.15, 0.2) is 0 Å². The average Bonchev–Trinajstić information content (AvgIpc) is 1.79. The number of hydrogen-bond acceptors (Lipinski definition) is 2. The first-order valence-corrected chi connectivity index (χ1v) is 6.65. The summed E-state index contributed by atoms with van der Waals surface area (Å²) in [5.41, 5.74) is 0. The van der Waals surface area contributed by atoms with Gasteiger partial charge < -0.3 is 8.85 Å². The molecule has 1 aliphatic heterocycles. The molecule has 1 saturated heterocycles. The van der Waals surface area contributed by atoms with Crippen molar-refractivity contribution in [3.63, 3.8) is 0 Å². The molecule has 0 aliphatic carbocycles. The van der Waals surface area contributed by atoms with Crippen LogP contribution in [0.25, 0.3) is 0 Å². The van der Waals surface area contributed by atoms with Crippen LogP contribution in [-0.2, 0) is 8.85 Å². The van der Waals surface area contributed by atoms with E-state index in [0.29, 0.717) is 12.0 Å². The molecule has 0 spiro atoms. The Bertz CT molecular complexity index is 125. The van der Waals surface area contributed by atoms with Gasteiger partial charge in [-0.15, -0.1) is 0 Å². The van der Waals surface area contributed by atoms with Gasteiger partial charge in [-0.25, -0.2) is 0 Å². The fraction of sp³-hybridized carbons (Fsp3) is 1.00. The van der Waals surface area contributed by atoms with Crippen molar-refractivity contribution in [3.8, 4) is 0 Å². The second-order valence-electron chi connectivity index (χ2n) is 3.51. The fourth-order valence-corrected chi connectivity index (χ4v) is 2.93. The van der Waals surface area contributed by atoms with Gasteiger partial charge in [0.2, 0.25) is 0 Å². The lowest BCUT2D eigenvalue weighted by Gasteiger charge is -2.36. The Hall–Kier alpha value is 0.137. The second kappa shape index (κ2) is 2.64. The Labute approximate surface area is 63.8 Å². The van der Waals surface area contributed by atoms with Gasteiger partial charge in [-0.3, -0.25) is 0 Å². The van der Waals surface area contributed by atoms with Gasteiger partial charge in [0, 0.05) is 18.6 Å². The van der Waals surface area contributed by atoms with E-state index >= 15 is 0 Å². The molecule has 2 nitrogen and oxygen atoms in total. The van der Waals surface area contributed by atoms with Crippen LogP contribution >= 0.6 is 0 Å². The first kappa shape index (κ1) is 8.24. The van der Waals surface area contributed by atoms with E-state index in [1.165, 1.54) is 0 Å². The van der Waals surface area contributed by atoms with E-state index in [-0.39, 0.29) is 0 Å². The second-order valence-corrected chi connectivity index (χ2v) is 6.84. The highest BCUT2D eigenvalue weighted by Crippen LogP contribution is 2.22. The molecule has 1 heterocycles. The molecule has 60 valence electrons. The molecule has 0 radical (unpaired) electrons. The monoisotopic (exact) mass is 160 g/mol. The van der Waals surface area contributed by atoms with Crippen molar-refractivity contribution < 1.29 is 8.85 Å². The summed E-state index contributed by atoms with van der Waals surface area (Å²) in [5, 5.41) is 0. The Morgan fingerprint density at radius 1 is 1.30 bits per heavy atom. The SMILES string of the molecule is CC1CO[Si](C)(C)OC1C. The molecule has 0 bridgehead atoms. The molecule has 1 aliphatic rings. The largest absolute Gasteiger partial charge is 0.394 e. The summed E-state index contributed by atoms with van der Waals surface area (Å²) in [6.45, 7) is 9.35. The molecule has 2 unspecified atom stereocenters. The van der Waals surface area contributed by atoms with Crippen molar-refractivity contribution in [1.29, 1.82) is 0 Å². The standard InChI is InChI=1S/C7H16O2Si/c1-6-5-8-10(3,4)9-7(6)2/h6-7H,5H2,1-4H3. The van der Waals surface area contributed by atoms with Crippen LogP contribution in [0, 0.1) is 5.92 Å². The smallest absolute Gasteiger partial charge is 0.331 e. The predicted octanol–water partition coefficient (Wildman–Crippen LogP) is 1.76. The zero-order valence-corrected chi connectivity index (χ0v) is 8.18. The van der Waals surface area contributed by atoms with Gasteiger partial charge in [-0.1, -0.05) is 6.92 Å². The summed E-state index contributed by atoms with van der Waals surface area (Å²) < 4.78 is 11.3. The lowest BCUT2D eigenvalue weighted by molar-refractivity contribution is 0.0192. The summed E-state index contributed by atoms with van der Waals surface area (Å²) in [4.78, 5) is 0. The molecule has 0 amide bonds. The molecule has 0 aromatic heterocycles. The van der Waals surface area contributed by atoms with Crippen molar-refractivity contribution in [2.45, 2.75) is 33.0 Å². The van der Waals surface area contributed by atoms with Crippen LogP contribution in [-0.4, -0.2) is 21.3 Å². The quantitative estimate of drug-likeness (QED) is 0.503. The molecule has 10 heavy (non-hydrogen) atoms. The molecule has 0 aromatic carbocycles. The van der Waals surface area contributed by atoms with Gasteiger partial charge in [0.1, 0.15) is 0 Å². The molecule has 0 N–H and O–H groups in total. The topological polar surface area (TPSA) is 18.5 Å². The van der Waals surface area contributed by atoms with Gasteiger partial charge >= 0.3 is 8.56 Å². The minimum Gasteiger partial charge on any atom is -0.394 e. The minimum atomic E-state index is -1.70. The molecule has 0 aromatic rings. The van der Waals surface area contributed by atoms with Crippen molar-refractivity contribution in [1.82, 2.24) is 0 Å². The summed E-state index contributed by atoms with van der Waals surface area (Å²) in [6, 6.07) is 0. The molecular weight excluding hydrogens is 144 g/mol. The first-order valence-electron chi connectivity index (χ1n) is 3.83. The Morgan fingerprint density at radius 3 is 2.30 bits per heavy atom. The molecule has 1 fully saturated rings. The predicted molar refractivity (Wildman–Crippen MR) is 43.1 cm³/mol. The third-order valence-electron chi connectivity index (χ3n) is 1.96. The average molecular weight is 160 g/mol. The maximum Gasteiger partial charge on any atom is 0.331 e. The molecule has 2 atom stereocenters. The van der Waals surface area contributed by atoms with Gasteiger partial charge in [0.25, 0.3) is 0 Å². The van der Waals surface area contributed by atoms with Crippen molar-refractivity contribution in [2.24, 2.45) is 5.92 Å². The summed E-state index contributed by atoms with van der Waals surface area (Å²) in [6.07, 6.45) is 0.385. The maximum absolute atomic E-state index is 5.70. The molecule has 0 saturated carbocycles.